The minimum atomic E-state index is -4.39. The molecule has 58 heavy (non-hydrogen) atoms. The predicted octanol–water partition coefficient (Wildman–Crippen LogP) is 13.0. The summed E-state index contributed by atoms with van der Waals surface area (Å²) < 4.78 is 34.2. The van der Waals surface area contributed by atoms with Gasteiger partial charge in [-0.05, 0) is 89.9 Å². The molecular weight excluding hydrogens is 750 g/mol. The normalized spacial score (nSPS) is 14.2. The zero-order valence-electron chi connectivity index (χ0n) is 37.5. The molecule has 0 bridgehead atoms. The molecule has 0 radical (unpaired) electrons. The number of quaternary nitrogens is 1. The van der Waals surface area contributed by atoms with Crippen molar-refractivity contribution in [3.05, 3.63) is 72.9 Å². The Balaban J connectivity index is 4.47. The van der Waals surface area contributed by atoms with E-state index in [0.29, 0.717) is 23.9 Å². The van der Waals surface area contributed by atoms with Gasteiger partial charge in [-0.15, -0.1) is 0 Å². The van der Waals surface area contributed by atoms with Crippen LogP contribution in [0.1, 0.15) is 168 Å². The maximum atomic E-state index is 12.7. The third-order valence-corrected chi connectivity index (χ3v) is 10.2. The molecule has 0 saturated heterocycles. The van der Waals surface area contributed by atoms with E-state index in [0.717, 1.165) is 64.2 Å². The van der Waals surface area contributed by atoms with Crippen LogP contribution in [0.4, 0.5) is 0 Å². The number of unbranched alkanes of at least 4 members (excludes halogenated alkanes) is 14. The Bertz CT molecular complexity index is 1220. The first-order chi connectivity index (χ1) is 28.0. The molecule has 0 heterocycles. The van der Waals surface area contributed by atoms with Gasteiger partial charge in [0.25, 0.3) is 0 Å². The number of ether oxygens (including phenoxy) is 2. The Morgan fingerprint density at radius 1 is 0.534 bits per heavy atom. The fourth-order valence-electron chi connectivity index (χ4n) is 5.61. The zero-order chi connectivity index (χ0) is 42.8. The van der Waals surface area contributed by atoms with Crippen LogP contribution in [0.5, 0.6) is 0 Å². The summed E-state index contributed by atoms with van der Waals surface area (Å²) in [5.74, 6) is -0.879. The van der Waals surface area contributed by atoms with Crippen molar-refractivity contribution in [2.45, 2.75) is 174 Å². The molecule has 2 atom stereocenters. The highest BCUT2D eigenvalue weighted by molar-refractivity contribution is 7.47. The van der Waals surface area contributed by atoms with Crippen molar-refractivity contribution in [2.24, 2.45) is 0 Å². The van der Waals surface area contributed by atoms with Gasteiger partial charge >= 0.3 is 19.8 Å². The molecule has 1 N–H and O–H groups in total. The minimum absolute atomic E-state index is 0.0169. The van der Waals surface area contributed by atoms with Crippen LogP contribution >= 0.6 is 7.82 Å². The average Bonchev–Trinajstić information content (AvgIpc) is 3.17. The van der Waals surface area contributed by atoms with Crippen molar-refractivity contribution in [3.8, 4) is 0 Å². The molecule has 0 aromatic rings. The van der Waals surface area contributed by atoms with Crippen LogP contribution in [-0.4, -0.2) is 74.9 Å². The lowest BCUT2D eigenvalue weighted by molar-refractivity contribution is -0.870. The van der Waals surface area contributed by atoms with E-state index in [9.17, 15) is 19.0 Å². The number of esters is 2. The van der Waals surface area contributed by atoms with Gasteiger partial charge in [-0.2, -0.15) is 0 Å². The average molecular weight is 835 g/mol. The van der Waals surface area contributed by atoms with E-state index >= 15 is 0 Å². The SMILES string of the molecule is CCCCC/C=C/C/C=C/C/C=C/C/C=C/CCCCCC(=O)OC[C@H](COP(=O)(O)OCC[N+](C)(C)C)OC(=O)CCCC/C=C/C/C=C/CCCCCCCC. The van der Waals surface area contributed by atoms with Crippen LogP contribution in [0.25, 0.3) is 0 Å². The van der Waals surface area contributed by atoms with E-state index < -0.39 is 32.5 Å². The van der Waals surface area contributed by atoms with E-state index in [-0.39, 0.29) is 26.1 Å². The molecule has 9 nitrogen and oxygen atoms in total. The van der Waals surface area contributed by atoms with Crippen LogP contribution in [0.3, 0.4) is 0 Å². The summed E-state index contributed by atoms with van der Waals surface area (Å²) in [7, 11) is 1.43. The first-order valence-electron chi connectivity index (χ1n) is 22.7. The number of phosphoric ester groups is 1. The van der Waals surface area contributed by atoms with Gasteiger partial charge in [0, 0.05) is 12.8 Å². The van der Waals surface area contributed by atoms with Gasteiger partial charge in [-0.3, -0.25) is 18.6 Å². The number of likely N-dealkylation sites (N-methyl/N-ethyl adjacent to an activating group) is 1. The van der Waals surface area contributed by atoms with Crippen molar-refractivity contribution in [3.63, 3.8) is 0 Å². The monoisotopic (exact) mass is 835 g/mol. The van der Waals surface area contributed by atoms with Gasteiger partial charge in [0.05, 0.1) is 27.7 Å². The van der Waals surface area contributed by atoms with Gasteiger partial charge in [-0.1, -0.05) is 138 Å². The van der Waals surface area contributed by atoms with Gasteiger partial charge in [-0.25, -0.2) is 4.57 Å². The Labute approximate surface area is 355 Å². The van der Waals surface area contributed by atoms with Crippen LogP contribution in [0.15, 0.2) is 72.9 Å². The largest absolute Gasteiger partial charge is 0.472 e. The fourth-order valence-corrected chi connectivity index (χ4v) is 6.36. The standard InChI is InChI=1S/C48H84NO8P/c1-6-8-10-12-14-16-18-20-22-23-24-25-27-28-30-32-34-36-38-40-47(50)54-44-46(45-56-58(52,53)55-43-42-49(3,4)5)57-48(51)41-39-37-35-33-31-29-26-21-19-17-15-13-11-9-7-2/h14,16,20-22,24-26,28,30-31,33,46H,6-13,15,17-19,23,27,29,32,34-45H2,1-5H3/p+1/b16-14+,22-20+,25-24+,26-21+,30-28+,33-31+/t46-/m1/s1. The number of rotatable bonds is 40. The van der Waals surface area contributed by atoms with Gasteiger partial charge in [0.1, 0.15) is 19.8 Å². The highest BCUT2D eigenvalue weighted by Crippen LogP contribution is 2.43. The Morgan fingerprint density at radius 2 is 0.931 bits per heavy atom. The van der Waals surface area contributed by atoms with Crippen molar-refractivity contribution in [2.75, 3.05) is 47.5 Å². The third kappa shape index (κ3) is 43.0. The summed E-state index contributed by atoms with van der Waals surface area (Å²) >= 11 is 0. The lowest BCUT2D eigenvalue weighted by Crippen LogP contribution is -2.37. The summed E-state index contributed by atoms with van der Waals surface area (Å²) in [6.07, 6.45) is 49.5. The van der Waals surface area contributed by atoms with Crippen LogP contribution in [0.2, 0.25) is 0 Å². The second kappa shape index (κ2) is 39.9. The third-order valence-electron chi connectivity index (χ3n) is 9.21. The Hall–Kier alpha value is -2.55. The lowest BCUT2D eigenvalue weighted by Gasteiger charge is -2.24. The maximum absolute atomic E-state index is 12.7. The second-order valence-corrected chi connectivity index (χ2v) is 17.5. The number of allylic oxidation sites excluding steroid dienone is 12. The second-order valence-electron chi connectivity index (χ2n) is 16.1. The molecule has 0 amide bonds. The van der Waals surface area contributed by atoms with Gasteiger partial charge in [0.2, 0.25) is 0 Å². The zero-order valence-corrected chi connectivity index (χ0v) is 38.4. The van der Waals surface area contributed by atoms with Crippen LogP contribution < -0.4 is 0 Å². The number of carbonyl (C=O) groups excluding carboxylic acids is 2. The molecule has 0 saturated carbocycles. The van der Waals surface area contributed by atoms with E-state index in [1.165, 1.54) is 64.2 Å². The quantitative estimate of drug-likeness (QED) is 0.0214. The molecule has 334 valence electrons. The summed E-state index contributed by atoms with van der Waals surface area (Å²) in [4.78, 5) is 35.4. The predicted molar refractivity (Wildman–Crippen MR) is 242 cm³/mol. The summed E-state index contributed by atoms with van der Waals surface area (Å²) in [5, 5.41) is 0. The molecule has 0 aromatic heterocycles. The first-order valence-corrected chi connectivity index (χ1v) is 24.2. The number of phosphoric acid groups is 1. The number of carbonyl (C=O) groups is 2. The van der Waals surface area contributed by atoms with Crippen LogP contribution in [-0.2, 0) is 32.7 Å². The van der Waals surface area contributed by atoms with Crippen molar-refractivity contribution in [1.29, 1.82) is 0 Å². The van der Waals surface area contributed by atoms with Crippen molar-refractivity contribution in [1.82, 2.24) is 0 Å². The highest BCUT2D eigenvalue weighted by atomic mass is 31.2. The molecule has 1 unspecified atom stereocenters. The number of hydrogen-bond acceptors (Lipinski definition) is 7. The summed E-state index contributed by atoms with van der Waals surface area (Å²) in [6, 6.07) is 0. The van der Waals surface area contributed by atoms with Gasteiger partial charge in [0.15, 0.2) is 6.10 Å². The van der Waals surface area contributed by atoms with Gasteiger partial charge < -0.3 is 18.9 Å². The molecule has 10 heteroatoms. The summed E-state index contributed by atoms with van der Waals surface area (Å²) in [5.41, 5.74) is 0. The highest BCUT2D eigenvalue weighted by Gasteiger charge is 2.27. The molecule has 0 rings (SSSR count). The number of hydrogen-bond donors (Lipinski definition) is 1. The first kappa shape index (κ1) is 55.5. The fraction of sp³-hybridized carbons (Fsp3) is 0.708. The molecule has 0 aliphatic rings. The molecule has 0 aromatic carbocycles. The van der Waals surface area contributed by atoms with E-state index in [4.69, 9.17) is 18.5 Å². The summed E-state index contributed by atoms with van der Waals surface area (Å²) in [6.45, 7) is 4.29. The molecular formula is C48H85NO8P+. The van der Waals surface area contributed by atoms with E-state index in [1.54, 1.807) is 0 Å². The molecule has 0 fully saturated rings. The number of nitrogens with zero attached hydrogens (tertiary/aromatic N) is 1. The topological polar surface area (TPSA) is 108 Å². The van der Waals surface area contributed by atoms with Crippen LogP contribution in [0, 0.1) is 0 Å². The Morgan fingerprint density at radius 3 is 1.45 bits per heavy atom. The molecule has 0 spiro atoms. The van der Waals surface area contributed by atoms with E-state index in [1.807, 2.05) is 21.1 Å². The van der Waals surface area contributed by atoms with Crippen molar-refractivity contribution >= 4 is 19.8 Å². The Kier molecular flexibility index (Phi) is 38.1. The smallest absolute Gasteiger partial charge is 0.462 e. The van der Waals surface area contributed by atoms with Crippen molar-refractivity contribution < 1.29 is 42.1 Å². The minimum Gasteiger partial charge on any atom is -0.462 e. The molecule has 0 aliphatic heterocycles. The molecule has 0 aliphatic carbocycles. The van der Waals surface area contributed by atoms with E-state index in [2.05, 4.69) is 86.8 Å². The lowest BCUT2D eigenvalue weighted by atomic mass is 10.1. The maximum Gasteiger partial charge on any atom is 0.472 e.